The Kier molecular flexibility index (Phi) is 5.92. The number of nitrogens with zero attached hydrogens (tertiary/aromatic N) is 2. The molecule has 0 heterocycles. The molecule has 20 heavy (non-hydrogen) atoms. The largest absolute Gasteiger partial charge is 0.393 e. The fourth-order valence-electron chi connectivity index (χ4n) is 2.73. The fraction of sp³-hybridized carbons (Fsp3) is 0.562. The van der Waals surface area contributed by atoms with Crippen molar-refractivity contribution in [2.75, 3.05) is 19.8 Å². The van der Waals surface area contributed by atoms with Crippen molar-refractivity contribution in [3.05, 3.63) is 30.3 Å². The van der Waals surface area contributed by atoms with Crippen molar-refractivity contribution < 1.29 is 5.11 Å². The number of aliphatic hydroxyl groups is 1. The second kappa shape index (κ2) is 7.70. The van der Waals surface area contributed by atoms with Crippen molar-refractivity contribution in [3.63, 3.8) is 0 Å². The molecule has 0 bridgehead atoms. The quantitative estimate of drug-likeness (QED) is 0.684. The summed E-state index contributed by atoms with van der Waals surface area (Å²) in [6.07, 6.45) is 6.37. The highest BCUT2D eigenvalue weighted by Gasteiger charge is 2.24. The van der Waals surface area contributed by atoms with Crippen LogP contribution >= 0.6 is 11.8 Å². The van der Waals surface area contributed by atoms with Crippen LogP contribution in [0, 0.1) is 5.92 Å². The van der Waals surface area contributed by atoms with Crippen molar-refractivity contribution in [1.29, 1.82) is 0 Å². The van der Waals surface area contributed by atoms with Crippen molar-refractivity contribution in [1.82, 2.24) is 4.90 Å². The van der Waals surface area contributed by atoms with Gasteiger partial charge < -0.3 is 10.0 Å². The monoisotopic (exact) mass is 292 g/mol. The minimum absolute atomic E-state index is 0.147. The van der Waals surface area contributed by atoms with Gasteiger partial charge in [-0.3, -0.25) is 0 Å². The van der Waals surface area contributed by atoms with Gasteiger partial charge in [0.25, 0.3) is 0 Å². The van der Waals surface area contributed by atoms with Crippen LogP contribution < -0.4 is 0 Å². The number of para-hydroxylation sites is 1. The highest BCUT2D eigenvalue weighted by Crippen LogP contribution is 2.26. The number of rotatable bonds is 3. The molecule has 4 heteroatoms. The van der Waals surface area contributed by atoms with Crippen molar-refractivity contribution in [2.45, 2.75) is 31.8 Å². The molecule has 0 unspecified atom stereocenters. The topological polar surface area (TPSA) is 35.8 Å². The van der Waals surface area contributed by atoms with Crippen LogP contribution in [0.2, 0.25) is 0 Å². The summed E-state index contributed by atoms with van der Waals surface area (Å²) in [4.78, 5) is 6.87. The molecular weight excluding hydrogens is 268 g/mol. The summed E-state index contributed by atoms with van der Waals surface area (Å²) in [6, 6.07) is 10.0. The molecule has 1 aliphatic carbocycles. The highest BCUT2D eigenvalue weighted by atomic mass is 32.2. The summed E-state index contributed by atoms with van der Waals surface area (Å²) in [5, 5.41) is 11.1. The van der Waals surface area contributed by atoms with Crippen LogP contribution in [0.1, 0.15) is 25.7 Å². The summed E-state index contributed by atoms with van der Waals surface area (Å²) in [5.41, 5.74) is 0.980. The molecule has 1 aromatic carbocycles. The number of hydrogen-bond donors (Lipinski definition) is 1. The van der Waals surface area contributed by atoms with Crippen LogP contribution in [-0.4, -0.2) is 41.1 Å². The van der Waals surface area contributed by atoms with Crippen LogP contribution in [0.15, 0.2) is 35.3 Å². The SMILES string of the molecule is CSC(=Nc1ccccc1)N(C)C[C@@H]1CCCC[C@@H]1O. The third-order valence-electron chi connectivity index (χ3n) is 3.87. The predicted octanol–water partition coefficient (Wildman–Crippen LogP) is 3.52. The first-order valence-corrected chi connectivity index (χ1v) is 8.50. The zero-order valence-corrected chi connectivity index (χ0v) is 13.1. The average Bonchev–Trinajstić information content (AvgIpc) is 2.48. The Morgan fingerprint density at radius 1 is 1.30 bits per heavy atom. The van der Waals surface area contributed by atoms with Gasteiger partial charge in [-0.25, -0.2) is 4.99 Å². The Balaban J connectivity index is 2.01. The third kappa shape index (κ3) is 4.25. The lowest BCUT2D eigenvalue weighted by atomic mass is 9.86. The van der Waals surface area contributed by atoms with Gasteiger partial charge in [-0.05, 0) is 31.2 Å². The molecule has 0 aliphatic heterocycles. The summed E-state index contributed by atoms with van der Waals surface area (Å²) >= 11 is 1.66. The number of aliphatic imine (C=N–C) groups is 1. The van der Waals surface area contributed by atoms with E-state index in [0.29, 0.717) is 5.92 Å². The molecule has 0 amide bonds. The molecule has 0 spiro atoms. The number of aliphatic hydroxyl groups excluding tert-OH is 1. The zero-order chi connectivity index (χ0) is 14.4. The Bertz CT molecular complexity index is 435. The molecule has 3 nitrogen and oxygen atoms in total. The number of hydrogen-bond acceptors (Lipinski definition) is 3. The normalized spacial score (nSPS) is 23.6. The Labute approximate surface area is 126 Å². The maximum atomic E-state index is 10.1. The molecule has 0 radical (unpaired) electrons. The second-order valence-corrected chi connectivity index (χ2v) is 6.20. The van der Waals surface area contributed by atoms with Crippen LogP contribution in [-0.2, 0) is 0 Å². The van der Waals surface area contributed by atoms with Crippen LogP contribution in [0.4, 0.5) is 5.69 Å². The summed E-state index contributed by atoms with van der Waals surface area (Å²) < 4.78 is 0. The van der Waals surface area contributed by atoms with E-state index in [0.717, 1.165) is 36.7 Å². The van der Waals surface area contributed by atoms with Gasteiger partial charge in [0, 0.05) is 19.5 Å². The van der Waals surface area contributed by atoms with Gasteiger partial charge in [-0.2, -0.15) is 0 Å². The van der Waals surface area contributed by atoms with Gasteiger partial charge in [-0.1, -0.05) is 42.8 Å². The molecular formula is C16H24N2OS. The van der Waals surface area contributed by atoms with Gasteiger partial charge in [0.1, 0.15) is 0 Å². The smallest absolute Gasteiger partial charge is 0.163 e. The standard InChI is InChI=1S/C16H24N2OS/c1-18(12-13-8-6-7-11-15(13)19)16(20-2)17-14-9-4-3-5-10-14/h3-5,9-10,13,15,19H,6-8,11-12H2,1-2H3/t13-,15-/m0/s1. The molecule has 0 aromatic heterocycles. The van der Waals surface area contributed by atoms with E-state index in [1.54, 1.807) is 11.8 Å². The maximum absolute atomic E-state index is 10.1. The van der Waals surface area contributed by atoms with Gasteiger partial charge >= 0.3 is 0 Å². The Morgan fingerprint density at radius 3 is 2.65 bits per heavy atom. The van der Waals surface area contributed by atoms with E-state index >= 15 is 0 Å². The molecule has 1 aromatic rings. The van der Waals surface area contributed by atoms with E-state index in [4.69, 9.17) is 4.99 Å². The molecule has 2 atom stereocenters. The number of amidine groups is 1. The molecule has 1 aliphatic rings. The van der Waals surface area contributed by atoms with E-state index in [2.05, 4.69) is 18.2 Å². The van der Waals surface area contributed by atoms with Gasteiger partial charge in [0.05, 0.1) is 11.8 Å². The van der Waals surface area contributed by atoms with Gasteiger partial charge in [0.15, 0.2) is 5.17 Å². The summed E-state index contributed by atoms with van der Waals surface area (Å²) in [5.74, 6) is 0.377. The fourth-order valence-corrected chi connectivity index (χ4v) is 3.31. The average molecular weight is 292 g/mol. The zero-order valence-electron chi connectivity index (χ0n) is 12.3. The minimum Gasteiger partial charge on any atom is -0.393 e. The Morgan fingerprint density at radius 2 is 2.00 bits per heavy atom. The molecule has 1 N–H and O–H groups in total. The van der Waals surface area contributed by atoms with Gasteiger partial charge in [-0.15, -0.1) is 0 Å². The van der Waals surface area contributed by atoms with Crippen LogP contribution in [0.3, 0.4) is 0 Å². The number of thioether (sulfide) groups is 1. The molecule has 2 rings (SSSR count). The van der Waals surface area contributed by atoms with E-state index in [9.17, 15) is 5.11 Å². The van der Waals surface area contributed by atoms with E-state index in [1.807, 2.05) is 30.3 Å². The minimum atomic E-state index is -0.147. The van der Waals surface area contributed by atoms with E-state index < -0.39 is 0 Å². The predicted molar refractivity (Wildman–Crippen MR) is 87.6 cm³/mol. The van der Waals surface area contributed by atoms with Crippen molar-refractivity contribution in [2.24, 2.45) is 10.9 Å². The lowest BCUT2D eigenvalue weighted by Crippen LogP contribution is -2.37. The highest BCUT2D eigenvalue weighted by molar-refractivity contribution is 8.13. The summed E-state index contributed by atoms with van der Waals surface area (Å²) in [7, 11) is 2.07. The molecule has 0 saturated heterocycles. The molecule has 110 valence electrons. The first-order chi connectivity index (χ1) is 9.70. The van der Waals surface area contributed by atoms with E-state index in [1.165, 1.54) is 6.42 Å². The van der Waals surface area contributed by atoms with Gasteiger partial charge in [0.2, 0.25) is 0 Å². The lowest BCUT2D eigenvalue weighted by molar-refractivity contribution is 0.0610. The first kappa shape index (κ1) is 15.4. The number of benzene rings is 1. The second-order valence-electron chi connectivity index (χ2n) is 5.43. The van der Waals surface area contributed by atoms with Crippen molar-refractivity contribution >= 4 is 22.6 Å². The van der Waals surface area contributed by atoms with E-state index in [-0.39, 0.29) is 6.10 Å². The van der Waals surface area contributed by atoms with Crippen LogP contribution in [0.25, 0.3) is 0 Å². The lowest BCUT2D eigenvalue weighted by Gasteiger charge is -2.32. The Hall–Kier alpha value is -1.00. The van der Waals surface area contributed by atoms with Crippen molar-refractivity contribution in [3.8, 4) is 0 Å². The maximum Gasteiger partial charge on any atom is 0.163 e. The third-order valence-corrected chi connectivity index (χ3v) is 4.64. The summed E-state index contributed by atoms with van der Waals surface area (Å²) in [6.45, 7) is 0.883. The first-order valence-electron chi connectivity index (χ1n) is 7.27. The molecule has 1 saturated carbocycles. The van der Waals surface area contributed by atoms with Crippen LogP contribution in [0.5, 0.6) is 0 Å². The molecule has 1 fully saturated rings.